The van der Waals surface area contributed by atoms with E-state index in [2.05, 4.69) is 9.97 Å². The molecular formula is C10H5F2IN2O2. The van der Waals surface area contributed by atoms with Crippen LogP contribution in [0.2, 0.25) is 0 Å². The van der Waals surface area contributed by atoms with Crippen molar-refractivity contribution in [3.63, 3.8) is 0 Å². The third-order valence-electron chi connectivity index (χ3n) is 1.89. The second-order valence-electron chi connectivity index (χ2n) is 3.00. The summed E-state index contributed by atoms with van der Waals surface area (Å²) in [6, 6.07) is 3.52. The Morgan fingerprint density at radius 3 is 2.88 bits per heavy atom. The lowest BCUT2D eigenvalue weighted by Gasteiger charge is -2.06. The lowest BCUT2D eigenvalue weighted by molar-refractivity contribution is 0.402. The molecule has 4 nitrogen and oxygen atoms in total. The minimum Gasteiger partial charge on any atom is -0.434 e. The topological polar surface area (TPSA) is 55.0 Å². The van der Waals surface area contributed by atoms with Gasteiger partial charge in [-0.2, -0.15) is 4.39 Å². The van der Waals surface area contributed by atoms with Gasteiger partial charge in [0.15, 0.2) is 11.6 Å². The highest BCUT2D eigenvalue weighted by molar-refractivity contribution is 14.1. The van der Waals surface area contributed by atoms with Crippen LogP contribution in [0.15, 0.2) is 29.3 Å². The van der Waals surface area contributed by atoms with Crippen molar-refractivity contribution < 1.29 is 13.5 Å². The maximum absolute atomic E-state index is 13.3. The smallest absolute Gasteiger partial charge is 0.268 e. The highest BCUT2D eigenvalue weighted by atomic mass is 127. The number of H-pyrrole nitrogens is 1. The third kappa shape index (κ3) is 2.43. The molecule has 0 fully saturated rings. The van der Waals surface area contributed by atoms with E-state index in [0.717, 1.165) is 12.4 Å². The van der Waals surface area contributed by atoms with Gasteiger partial charge in [0.25, 0.3) is 5.56 Å². The third-order valence-corrected chi connectivity index (χ3v) is 2.84. The summed E-state index contributed by atoms with van der Waals surface area (Å²) >= 11 is 1.70. The van der Waals surface area contributed by atoms with Crippen molar-refractivity contribution in [2.45, 2.75) is 0 Å². The van der Waals surface area contributed by atoms with Gasteiger partial charge in [-0.05, 0) is 34.7 Å². The van der Waals surface area contributed by atoms with Crippen molar-refractivity contribution in [1.29, 1.82) is 0 Å². The predicted octanol–water partition coefficient (Wildman–Crippen LogP) is 2.45. The number of halogens is 3. The largest absolute Gasteiger partial charge is 0.434 e. The molecule has 0 aliphatic heterocycles. The molecule has 0 saturated carbocycles. The summed E-state index contributed by atoms with van der Waals surface area (Å²) in [7, 11) is 0. The van der Waals surface area contributed by atoms with Crippen molar-refractivity contribution in [3.8, 4) is 11.6 Å². The van der Waals surface area contributed by atoms with Gasteiger partial charge in [0.1, 0.15) is 3.57 Å². The van der Waals surface area contributed by atoms with Crippen LogP contribution in [-0.2, 0) is 0 Å². The average Bonchev–Trinajstić information content (AvgIpc) is 2.31. The summed E-state index contributed by atoms with van der Waals surface area (Å²) in [5.41, 5.74) is -0.410. The van der Waals surface area contributed by atoms with Gasteiger partial charge in [-0.3, -0.25) is 4.79 Å². The monoisotopic (exact) mass is 350 g/mol. The number of hydrogen-bond donors (Lipinski definition) is 1. The van der Waals surface area contributed by atoms with Crippen LogP contribution in [0.3, 0.4) is 0 Å². The molecule has 88 valence electrons. The fourth-order valence-electron chi connectivity index (χ4n) is 1.10. The number of ether oxygens (including phenoxy) is 1. The van der Waals surface area contributed by atoms with Gasteiger partial charge in [0.2, 0.25) is 11.7 Å². The summed E-state index contributed by atoms with van der Waals surface area (Å²) in [5, 5.41) is 0. The van der Waals surface area contributed by atoms with Crippen LogP contribution in [0.5, 0.6) is 11.6 Å². The lowest BCUT2D eigenvalue weighted by atomic mass is 10.3. The summed E-state index contributed by atoms with van der Waals surface area (Å²) in [6.07, 6.45) is 1.12. The fourth-order valence-corrected chi connectivity index (χ4v) is 1.51. The zero-order valence-corrected chi connectivity index (χ0v) is 10.4. The van der Waals surface area contributed by atoms with Gasteiger partial charge >= 0.3 is 0 Å². The van der Waals surface area contributed by atoms with E-state index in [-0.39, 0.29) is 15.2 Å². The molecule has 0 amide bonds. The Morgan fingerprint density at radius 2 is 2.12 bits per heavy atom. The van der Waals surface area contributed by atoms with Gasteiger partial charge in [-0.15, -0.1) is 0 Å². The molecule has 2 rings (SSSR count). The molecule has 0 unspecified atom stereocenters. The molecule has 7 heteroatoms. The van der Waals surface area contributed by atoms with Gasteiger partial charge < -0.3 is 9.72 Å². The molecule has 2 aromatic rings. The van der Waals surface area contributed by atoms with E-state index in [0.29, 0.717) is 0 Å². The molecule has 0 aliphatic rings. The molecule has 0 radical (unpaired) electrons. The molecular weight excluding hydrogens is 345 g/mol. The van der Waals surface area contributed by atoms with E-state index in [1.54, 1.807) is 22.6 Å². The Kier molecular flexibility index (Phi) is 3.36. The zero-order valence-electron chi connectivity index (χ0n) is 8.21. The molecule has 1 N–H and O–H groups in total. The first kappa shape index (κ1) is 12.0. The van der Waals surface area contributed by atoms with Crippen molar-refractivity contribution in [2.75, 3.05) is 0 Å². The average molecular weight is 350 g/mol. The lowest BCUT2D eigenvalue weighted by Crippen LogP contribution is -2.11. The van der Waals surface area contributed by atoms with Gasteiger partial charge in [0.05, 0.1) is 6.33 Å². The van der Waals surface area contributed by atoms with E-state index in [4.69, 9.17) is 4.74 Å². The van der Waals surface area contributed by atoms with Crippen LogP contribution < -0.4 is 10.3 Å². The molecule has 0 saturated heterocycles. The van der Waals surface area contributed by atoms with Crippen LogP contribution in [-0.4, -0.2) is 9.97 Å². The number of nitrogens with zero attached hydrogens (tertiary/aromatic N) is 1. The van der Waals surface area contributed by atoms with Crippen molar-refractivity contribution in [2.24, 2.45) is 0 Å². The standard InChI is InChI=1S/C10H5F2IN2O2/c11-5-2-1-3-6(7(5)12)17-10-8(13)9(16)14-4-15-10/h1-4H,(H,14,15,16). The molecule has 17 heavy (non-hydrogen) atoms. The van der Waals surface area contributed by atoms with Crippen molar-refractivity contribution in [3.05, 3.63) is 50.1 Å². The second kappa shape index (κ2) is 4.78. The Hall–Kier alpha value is -1.51. The quantitative estimate of drug-likeness (QED) is 0.847. The second-order valence-corrected chi connectivity index (χ2v) is 4.08. The molecule has 0 bridgehead atoms. The Morgan fingerprint density at radius 1 is 1.35 bits per heavy atom. The van der Waals surface area contributed by atoms with Gasteiger partial charge in [-0.1, -0.05) is 6.07 Å². The maximum atomic E-state index is 13.3. The highest BCUT2D eigenvalue weighted by Crippen LogP contribution is 2.25. The Balaban J connectivity index is 2.42. The van der Waals surface area contributed by atoms with Crippen molar-refractivity contribution in [1.82, 2.24) is 9.97 Å². The van der Waals surface area contributed by atoms with Crippen LogP contribution in [0.1, 0.15) is 0 Å². The van der Waals surface area contributed by atoms with Crippen molar-refractivity contribution >= 4 is 22.6 Å². The van der Waals surface area contributed by atoms with Crippen LogP contribution in [0, 0.1) is 15.2 Å². The maximum Gasteiger partial charge on any atom is 0.268 e. The van der Waals surface area contributed by atoms with E-state index in [1.807, 2.05) is 0 Å². The summed E-state index contributed by atoms with van der Waals surface area (Å²) in [5.74, 6) is -2.53. The molecule has 0 atom stereocenters. The highest BCUT2D eigenvalue weighted by Gasteiger charge is 2.13. The normalized spacial score (nSPS) is 10.3. The molecule has 1 heterocycles. The van der Waals surface area contributed by atoms with Crippen LogP contribution in [0.25, 0.3) is 0 Å². The molecule has 1 aromatic carbocycles. The molecule has 0 spiro atoms. The van der Waals surface area contributed by atoms with Crippen LogP contribution in [0.4, 0.5) is 8.78 Å². The number of nitrogens with one attached hydrogen (secondary N) is 1. The summed E-state index contributed by atoms with van der Waals surface area (Å²) in [4.78, 5) is 17.3. The Labute approximate surface area is 108 Å². The summed E-state index contributed by atoms with van der Waals surface area (Å²) < 4.78 is 31.4. The first-order valence-corrected chi connectivity index (χ1v) is 5.52. The Bertz CT molecular complexity index is 615. The summed E-state index contributed by atoms with van der Waals surface area (Å²) in [6.45, 7) is 0. The molecule has 1 aromatic heterocycles. The number of aromatic nitrogens is 2. The fraction of sp³-hybridized carbons (Fsp3) is 0. The predicted molar refractivity (Wildman–Crippen MR) is 64.0 cm³/mol. The number of hydrogen-bond acceptors (Lipinski definition) is 3. The molecule has 0 aliphatic carbocycles. The zero-order chi connectivity index (χ0) is 12.4. The van der Waals surface area contributed by atoms with Gasteiger partial charge in [0, 0.05) is 0 Å². The minimum absolute atomic E-state index is 0.0705. The van der Waals surface area contributed by atoms with Crippen LogP contribution >= 0.6 is 22.6 Å². The first-order chi connectivity index (χ1) is 8.09. The SMILES string of the molecule is O=c1[nH]cnc(Oc2cccc(F)c2F)c1I. The van der Waals surface area contributed by atoms with E-state index < -0.39 is 17.2 Å². The first-order valence-electron chi connectivity index (χ1n) is 4.44. The minimum atomic E-state index is -1.12. The number of aromatic amines is 1. The van der Waals surface area contributed by atoms with Gasteiger partial charge in [-0.25, -0.2) is 9.37 Å². The van der Waals surface area contributed by atoms with E-state index in [9.17, 15) is 13.6 Å². The van der Waals surface area contributed by atoms with E-state index >= 15 is 0 Å². The number of benzene rings is 1. The van der Waals surface area contributed by atoms with E-state index in [1.165, 1.54) is 12.1 Å². The number of rotatable bonds is 2.